The Bertz CT molecular complexity index is 588. The smallest absolute Gasteiger partial charge is 0.227 e. The van der Waals surface area contributed by atoms with Crippen molar-refractivity contribution in [3.8, 4) is 0 Å². The maximum atomic E-state index is 11.8. The number of likely N-dealkylation sites (N-methyl/N-ethyl adjacent to an activating group) is 1. The molecule has 1 aromatic rings. The normalized spacial score (nSPS) is 15.0. The molecule has 1 heterocycles. The number of guanidine groups is 1. The van der Waals surface area contributed by atoms with E-state index in [0.717, 1.165) is 56.4 Å². The Kier molecular flexibility index (Phi) is 8.37. The molecule has 1 saturated heterocycles. The summed E-state index contributed by atoms with van der Waals surface area (Å²) in [6, 6.07) is 8.14. The van der Waals surface area contributed by atoms with Gasteiger partial charge in [0.2, 0.25) is 5.91 Å². The van der Waals surface area contributed by atoms with Crippen LogP contribution in [0.4, 0.5) is 5.69 Å². The van der Waals surface area contributed by atoms with Crippen molar-refractivity contribution in [2.75, 3.05) is 58.9 Å². The third-order valence-corrected chi connectivity index (χ3v) is 4.47. The first kappa shape index (κ1) is 20.2. The summed E-state index contributed by atoms with van der Waals surface area (Å²) in [6.45, 7) is 4.90. The van der Waals surface area contributed by atoms with Crippen molar-refractivity contribution in [1.29, 1.82) is 0 Å². The van der Waals surface area contributed by atoms with E-state index in [1.54, 1.807) is 14.2 Å². The molecule has 1 aromatic carbocycles. The number of carbonyl (C=O) groups is 1. The highest BCUT2D eigenvalue weighted by Gasteiger charge is 2.21. The minimum atomic E-state index is 0.218. The Morgan fingerprint density at radius 1 is 1.27 bits per heavy atom. The van der Waals surface area contributed by atoms with Crippen LogP contribution in [0.5, 0.6) is 0 Å². The van der Waals surface area contributed by atoms with Crippen molar-refractivity contribution in [1.82, 2.24) is 15.5 Å². The molecular formula is C19H31N5O2. The van der Waals surface area contributed by atoms with Crippen molar-refractivity contribution >= 4 is 17.6 Å². The Morgan fingerprint density at radius 3 is 2.65 bits per heavy atom. The Balaban J connectivity index is 1.73. The lowest BCUT2D eigenvalue weighted by Crippen LogP contribution is -2.41. The van der Waals surface area contributed by atoms with E-state index in [0.29, 0.717) is 13.0 Å². The zero-order valence-electron chi connectivity index (χ0n) is 16.1. The molecule has 1 aliphatic rings. The molecule has 0 bridgehead atoms. The van der Waals surface area contributed by atoms with Crippen LogP contribution in [0.1, 0.15) is 18.4 Å². The molecule has 0 aromatic heterocycles. The van der Waals surface area contributed by atoms with Gasteiger partial charge in [-0.15, -0.1) is 0 Å². The zero-order chi connectivity index (χ0) is 18.8. The standard InChI is InChI=1S/C19H31N5O2/c1-20-19(21-10-12-23(2)13-14-26-3)22-15-16-6-8-17(9-7-16)24-11-4-5-18(24)25/h6-9H,4-5,10-15H2,1-3H3,(H2,20,21,22). The van der Waals surface area contributed by atoms with Crippen LogP contribution in [0, 0.1) is 0 Å². The molecule has 7 nitrogen and oxygen atoms in total. The number of benzene rings is 1. The molecule has 1 aliphatic heterocycles. The van der Waals surface area contributed by atoms with Gasteiger partial charge in [0.15, 0.2) is 5.96 Å². The number of ether oxygens (including phenoxy) is 1. The molecule has 26 heavy (non-hydrogen) atoms. The fourth-order valence-electron chi connectivity index (χ4n) is 2.85. The summed E-state index contributed by atoms with van der Waals surface area (Å²) in [5.41, 5.74) is 2.14. The van der Waals surface area contributed by atoms with Crippen LogP contribution in [0.3, 0.4) is 0 Å². The minimum Gasteiger partial charge on any atom is -0.383 e. The molecule has 144 valence electrons. The topological polar surface area (TPSA) is 69.2 Å². The summed E-state index contributed by atoms with van der Waals surface area (Å²) in [5.74, 6) is 1.000. The van der Waals surface area contributed by atoms with E-state index in [9.17, 15) is 4.79 Å². The maximum absolute atomic E-state index is 11.8. The van der Waals surface area contributed by atoms with E-state index < -0.39 is 0 Å². The van der Waals surface area contributed by atoms with Crippen LogP contribution >= 0.6 is 0 Å². The van der Waals surface area contributed by atoms with Crippen LogP contribution < -0.4 is 15.5 Å². The van der Waals surface area contributed by atoms with E-state index >= 15 is 0 Å². The molecule has 1 amide bonds. The molecule has 0 spiro atoms. The van der Waals surface area contributed by atoms with Crippen molar-refractivity contribution in [3.63, 3.8) is 0 Å². The van der Waals surface area contributed by atoms with Gasteiger partial charge in [-0.25, -0.2) is 0 Å². The number of hydrogen-bond donors (Lipinski definition) is 2. The summed E-state index contributed by atoms with van der Waals surface area (Å²) in [7, 11) is 5.56. The first-order valence-electron chi connectivity index (χ1n) is 9.15. The fourth-order valence-corrected chi connectivity index (χ4v) is 2.85. The molecule has 0 aliphatic carbocycles. The predicted octanol–water partition coefficient (Wildman–Crippen LogP) is 1.06. The number of aliphatic imine (C=N–C) groups is 1. The predicted molar refractivity (Wildman–Crippen MR) is 106 cm³/mol. The SMILES string of the molecule is CN=C(NCCN(C)CCOC)NCc1ccc(N2CCCC2=O)cc1. The number of amides is 1. The second-order valence-corrected chi connectivity index (χ2v) is 6.46. The number of nitrogens with zero attached hydrogens (tertiary/aromatic N) is 3. The van der Waals surface area contributed by atoms with Crippen LogP contribution in [0.2, 0.25) is 0 Å². The summed E-state index contributed by atoms with van der Waals surface area (Å²) >= 11 is 0. The monoisotopic (exact) mass is 361 g/mol. The number of carbonyl (C=O) groups excluding carboxylic acids is 1. The van der Waals surface area contributed by atoms with Gasteiger partial charge in [0.1, 0.15) is 0 Å². The first-order chi connectivity index (χ1) is 12.6. The first-order valence-corrected chi connectivity index (χ1v) is 9.15. The summed E-state index contributed by atoms with van der Waals surface area (Å²) < 4.78 is 5.08. The third-order valence-electron chi connectivity index (χ3n) is 4.47. The van der Waals surface area contributed by atoms with Crippen molar-refractivity contribution < 1.29 is 9.53 Å². The lowest BCUT2D eigenvalue weighted by molar-refractivity contribution is -0.117. The molecule has 2 rings (SSSR count). The molecule has 0 unspecified atom stereocenters. The number of rotatable bonds is 9. The van der Waals surface area contributed by atoms with Crippen LogP contribution in [-0.2, 0) is 16.1 Å². The highest BCUT2D eigenvalue weighted by Crippen LogP contribution is 2.21. The van der Waals surface area contributed by atoms with E-state index in [-0.39, 0.29) is 5.91 Å². The summed E-state index contributed by atoms with van der Waals surface area (Å²) in [4.78, 5) is 20.1. The van der Waals surface area contributed by atoms with E-state index in [2.05, 4.69) is 39.7 Å². The van der Waals surface area contributed by atoms with E-state index in [1.807, 2.05) is 17.0 Å². The highest BCUT2D eigenvalue weighted by atomic mass is 16.5. The third kappa shape index (κ3) is 6.31. The Labute approximate surface area is 156 Å². The van der Waals surface area contributed by atoms with E-state index in [4.69, 9.17) is 4.74 Å². The van der Waals surface area contributed by atoms with Crippen molar-refractivity contribution in [2.24, 2.45) is 4.99 Å². The van der Waals surface area contributed by atoms with Gasteiger partial charge in [-0.1, -0.05) is 12.1 Å². The molecule has 1 fully saturated rings. The molecule has 0 atom stereocenters. The van der Waals surface area contributed by atoms with Gasteiger partial charge in [-0.2, -0.15) is 0 Å². The average Bonchev–Trinajstić information content (AvgIpc) is 3.09. The largest absolute Gasteiger partial charge is 0.383 e. The Hall–Kier alpha value is -2.12. The highest BCUT2D eigenvalue weighted by molar-refractivity contribution is 5.95. The zero-order valence-corrected chi connectivity index (χ0v) is 16.1. The molecule has 0 saturated carbocycles. The van der Waals surface area contributed by atoms with Crippen molar-refractivity contribution in [3.05, 3.63) is 29.8 Å². The van der Waals surface area contributed by atoms with Gasteiger partial charge in [0.05, 0.1) is 6.61 Å². The van der Waals surface area contributed by atoms with Gasteiger partial charge in [0.25, 0.3) is 0 Å². The Morgan fingerprint density at radius 2 is 2.04 bits per heavy atom. The molecular weight excluding hydrogens is 330 g/mol. The lowest BCUT2D eigenvalue weighted by atomic mass is 10.2. The van der Waals surface area contributed by atoms with E-state index in [1.165, 1.54) is 0 Å². The van der Waals surface area contributed by atoms with Gasteiger partial charge < -0.3 is 25.2 Å². The second-order valence-electron chi connectivity index (χ2n) is 6.46. The number of methoxy groups -OCH3 is 1. The maximum Gasteiger partial charge on any atom is 0.227 e. The van der Waals surface area contributed by atoms with Crippen LogP contribution in [-0.4, -0.2) is 70.8 Å². The number of nitrogens with one attached hydrogen (secondary N) is 2. The van der Waals surface area contributed by atoms with Crippen molar-refractivity contribution in [2.45, 2.75) is 19.4 Å². The van der Waals surface area contributed by atoms with Gasteiger partial charge >= 0.3 is 0 Å². The minimum absolute atomic E-state index is 0.218. The summed E-state index contributed by atoms with van der Waals surface area (Å²) in [5, 5.41) is 6.63. The molecule has 7 heteroatoms. The average molecular weight is 361 g/mol. The van der Waals surface area contributed by atoms with Crippen LogP contribution in [0.25, 0.3) is 0 Å². The second kappa shape index (κ2) is 10.8. The van der Waals surface area contributed by atoms with Crippen LogP contribution in [0.15, 0.2) is 29.3 Å². The summed E-state index contributed by atoms with van der Waals surface area (Å²) in [6.07, 6.45) is 1.61. The number of anilines is 1. The van der Waals surface area contributed by atoms with Gasteiger partial charge in [-0.05, 0) is 31.2 Å². The lowest BCUT2D eigenvalue weighted by Gasteiger charge is -2.18. The molecule has 0 radical (unpaired) electrons. The number of hydrogen-bond acceptors (Lipinski definition) is 4. The fraction of sp³-hybridized carbons (Fsp3) is 0.579. The van der Waals surface area contributed by atoms with Gasteiger partial charge in [0, 0.05) is 59.0 Å². The quantitative estimate of drug-likeness (QED) is 0.508. The van der Waals surface area contributed by atoms with Gasteiger partial charge in [-0.3, -0.25) is 9.79 Å². The molecule has 2 N–H and O–H groups in total.